The SMILES string of the molecule is Cn1cc(COc2ccccc2)cn1. The van der Waals surface area contributed by atoms with Gasteiger partial charge in [-0.25, -0.2) is 0 Å². The Morgan fingerprint density at radius 2 is 2.07 bits per heavy atom. The number of para-hydroxylation sites is 1. The summed E-state index contributed by atoms with van der Waals surface area (Å²) in [5, 5.41) is 4.07. The molecule has 0 saturated carbocycles. The Bertz CT molecular complexity index is 395. The summed E-state index contributed by atoms with van der Waals surface area (Å²) in [4.78, 5) is 0. The molecule has 0 atom stereocenters. The second kappa shape index (κ2) is 3.96. The summed E-state index contributed by atoms with van der Waals surface area (Å²) < 4.78 is 7.32. The average molecular weight is 188 g/mol. The lowest BCUT2D eigenvalue weighted by atomic mass is 10.3. The van der Waals surface area contributed by atoms with Crippen LogP contribution in [0.4, 0.5) is 0 Å². The van der Waals surface area contributed by atoms with Crippen LogP contribution < -0.4 is 4.74 Å². The Labute approximate surface area is 82.9 Å². The minimum atomic E-state index is 0.567. The van der Waals surface area contributed by atoms with Gasteiger partial charge in [0.15, 0.2) is 0 Å². The minimum absolute atomic E-state index is 0.567. The average Bonchev–Trinajstić information content (AvgIpc) is 2.63. The highest BCUT2D eigenvalue weighted by Crippen LogP contribution is 2.10. The molecule has 1 aromatic carbocycles. The summed E-state index contributed by atoms with van der Waals surface area (Å²) in [5.41, 5.74) is 1.08. The molecule has 2 rings (SSSR count). The van der Waals surface area contributed by atoms with E-state index in [0.29, 0.717) is 6.61 Å². The third-order valence-corrected chi connectivity index (χ3v) is 1.91. The molecule has 0 aliphatic carbocycles. The van der Waals surface area contributed by atoms with E-state index in [1.807, 2.05) is 49.8 Å². The molecule has 14 heavy (non-hydrogen) atoms. The van der Waals surface area contributed by atoms with Gasteiger partial charge in [-0.2, -0.15) is 5.10 Å². The quantitative estimate of drug-likeness (QED) is 0.736. The largest absolute Gasteiger partial charge is 0.489 e. The van der Waals surface area contributed by atoms with Crippen molar-refractivity contribution in [2.45, 2.75) is 6.61 Å². The summed E-state index contributed by atoms with van der Waals surface area (Å²) in [6, 6.07) is 9.76. The molecule has 0 aliphatic rings. The number of ether oxygens (including phenoxy) is 1. The van der Waals surface area contributed by atoms with Crippen molar-refractivity contribution >= 4 is 0 Å². The van der Waals surface area contributed by atoms with Gasteiger partial charge >= 0.3 is 0 Å². The summed E-state index contributed by atoms with van der Waals surface area (Å²) in [5.74, 6) is 0.886. The fraction of sp³-hybridized carbons (Fsp3) is 0.182. The Morgan fingerprint density at radius 3 is 2.71 bits per heavy atom. The molecule has 72 valence electrons. The molecule has 0 aliphatic heterocycles. The van der Waals surface area contributed by atoms with Gasteiger partial charge in [-0.05, 0) is 12.1 Å². The molecule has 0 radical (unpaired) electrons. The first kappa shape index (κ1) is 8.81. The van der Waals surface area contributed by atoms with Gasteiger partial charge in [0.25, 0.3) is 0 Å². The van der Waals surface area contributed by atoms with Gasteiger partial charge in [0.1, 0.15) is 12.4 Å². The van der Waals surface area contributed by atoms with E-state index in [1.54, 1.807) is 4.68 Å². The standard InChI is InChI=1S/C11H12N2O/c1-13-8-10(7-12-13)9-14-11-5-3-2-4-6-11/h2-8H,9H2,1H3. The molecule has 0 saturated heterocycles. The van der Waals surface area contributed by atoms with E-state index >= 15 is 0 Å². The third kappa shape index (κ3) is 2.13. The first-order chi connectivity index (χ1) is 6.84. The monoisotopic (exact) mass is 188 g/mol. The fourth-order valence-corrected chi connectivity index (χ4v) is 1.23. The van der Waals surface area contributed by atoms with E-state index in [2.05, 4.69) is 5.10 Å². The van der Waals surface area contributed by atoms with Crippen molar-refractivity contribution in [2.75, 3.05) is 0 Å². The lowest BCUT2D eigenvalue weighted by Crippen LogP contribution is -1.93. The van der Waals surface area contributed by atoms with Crippen LogP contribution in [0.3, 0.4) is 0 Å². The van der Waals surface area contributed by atoms with E-state index in [0.717, 1.165) is 11.3 Å². The molecular formula is C11H12N2O. The lowest BCUT2D eigenvalue weighted by Gasteiger charge is -2.02. The van der Waals surface area contributed by atoms with Gasteiger partial charge in [-0.1, -0.05) is 18.2 Å². The number of rotatable bonds is 3. The number of benzene rings is 1. The van der Waals surface area contributed by atoms with Crippen molar-refractivity contribution in [3.63, 3.8) is 0 Å². The molecule has 0 bridgehead atoms. The molecule has 0 spiro atoms. The van der Waals surface area contributed by atoms with Gasteiger partial charge < -0.3 is 4.74 Å². The highest BCUT2D eigenvalue weighted by atomic mass is 16.5. The van der Waals surface area contributed by atoms with Gasteiger partial charge in [-0.3, -0.25) is 4.68 Å². The van der Waals surface area contributed by atoms with E-state index in [9.17, 15) is 0 Å². The zero-order valence-corrected chi connectivity index (χ0v) is 8.05. The Kier molecular flexibility index (Phi) is 2.49. The predicted octanol–water partition coefficient (Wildman–Crippen LogP) is 2.00. The van der Waals surface area contributed by atoms with Gasteiger partial charge in [0, 0.05) is 18.8 Å². The molecule has 0 amide bonds. The van der Waals surface area contributed by atoms with Crippen LogP contribution in [-0.2, 0) is 13.7 Å². The van der Waals surface area contributed by atoms with Crippen LogP contribution in [0.2, 0.25) is 0 Å². The molecular weight excluding hydrogens is 176 g/mol. The normalized spacial score (nSPS) is 10.1. The number of hydrogen-bond donors (Lipinski definition) is 0. The molecule has 0 N–H and O–H groups in total. The van der Waals surface area contributed by atoms with Crippen molar-refractivity contribution in [3.05, 3.63) is 48.3 Å². The predicted molar refractivity (Wildman–Crippen MR) is 54.0 cm³/mol. The van der Waals surface area contributed by atoms with Crippen LogP contribution in [0.15, 0.2) is 42.7 Å². The minimum Gasteiger partial charge on any atom is -0.489 e. The van der Waals surface area contributed by atoms with Gasteiger partial charge in [0.2, 0.25) is 0 Å². The maximum absolute atomic E-state index is 5.55. The zero-order chi connectivity index (χ0) is 9.80. The smallest absolute Gasteiger partial charge is 0.119 e. The molecule has 0 unspecified atom stereocenters. The maximum atomic E-state index is 5.55. The summed E-state index contributed by atoms with van der Waals surface area (Å²) >= 11 is 0. The van der Waals surface area contributed by atoms with Crippen molar-refractivity contribution in [2.24, 2.45) is 7.05 Å². The topological polar surface area (TPSA) is 27.1 Å². The van der Waals surface area contributed by atoms with Crippen LogP contribution in [-0.4, -0.2) is 9.78 Å². The lowest BCUT2D eigenvalue weighted by molar-refractivity contribution is 0.306. The second-order valence-corrected chi connectivity index (χ2v) is 3.12. The van der Waals surface area contributed by atoms with E-state index in [-0.39, 0.29) is 0 Å². The van der Waals surface area contributed by atoms with Crippen molar-refractivity contribution in [1.82, 2.24) is 9.78 Å². The molecule has 3 heteroatoms. The van der Waals surface area contributed by atoms with Crippen LogP contribution in [0.25, 0.3) is 0 Å². The highest BCUT2D eigenvalue weighted by Gasteiger charge is 1.96. The van der Waals surface area contributed by atoms with E-state index < -0.39 is 0 Å². The van der Waals surface area contributed by atoms with Crippen LogP contribution in [0, 0.1) is 0 Å². The molecule has 3 nitrogen and oxygen atoms in total. The van der Waals surface area contributed by atoms with Crippen molar-refractivity contribution < 1.29 is 4.74 Å². The molecule has 1 aromatic heterocycles. The Balaban J connectivity index is 1.95. The first-order valence-corrected chi connectivity index (χ1v) is 4.50. The highest BCUT2D eigenvalue weighted by molar-refractivity contribution is 5.21. The zero-order valence-electron chi connectivity index (χ0n) is 8.05. The molecule has 2 aromatic rings. The molecule has 1 heterocycles. The summed E-state index contributed by atoms with van der Waals surface area (Å²) in [7, 11) is 1.89. The first-order valence-electron chi connectivity index (χ1n) is 4.50. The van der Waals surface area contributed by atoms with Crippen LogP contribution >= 0.6 is 0 Å². The fourth-order valence-electron chi connectivity index (χ4n) is 1.23. The number of aromatic nitrogens is 2. The van der Waals surface area contributed by atoms with Crippen LogP contribution in [0.5, 0.6) is 5.75 Å². The van der Waals surface area contributed by atoms with E-state index in [1.165, 1.54) is 0 Å². The number of aryl methyl sites for hydroxylation is 1. The maximum Gasteiger partial charge on any atom is 0.119 e. The number of nitrogens with zero attached hydrogens (tertiary/aromatic N) is 2. The second-order valence-electron chi connectivity index (χ2n) is 3.12. The van der Waals surface area contributed by atoms with Crippen molar-refractivity contribution in [1.29, 1.82) is 0 Å². The Hall–Kier alpha value is -1.77. The Morgan fingerprint density at radius 1 is 1.29 bits per heavy atom. The summed E-state index contributed by atoms with van der Waals surface area (Å²) in [6.07, 6.45) is 3.76. The molecule has 0 fully saturated rings. The van der Waals surface area contributed by atoms with Gasteiger partial charge in [0.05, 0.1) is 6.20 Å². The van der Waals surface area contributed by atoms with Crippen LogP contribution in [0.1, 0.15) is 5.56 Å². The summed E-state index contributed by atoms with van der Waals surface area (Å²) in [6.45, 7) is 0.567. The van der Waals surface area contributed by atoms with Crippen molar-refractivity contribution in [3.8, 4) is 5.75 Å². The van der Waals surface area contributed by atoms with Gasteiger partial charge in [-0.15, -0.1) is 0 Å². The van der Waals surface area contributed by atoms with E-state index in [4.69, 9.17) is 4.74 Å². The number of hydrogen-bond acceptors (Lipinski definition) is 2. The third-order valence-electron chi connectivity index (χ3n) is 1.91.